The van der Waals surface area contributed by atoms with Gasteiger partial charge in [0.25, 0.3) is 5.69 Å². The molecule has 1 N–H and O–H groups in total. The Balaban J connectivity index is 2.30. The summed E-state index contributed by atoms with van der Waals surface area (Å²) in [6, 6.07) is 4.30. The molecule has 0 saturated heterocycles. The average Bonchev–Trinajstić information content (AvgIpc) is 2.82. The highest BCUT2D eigenvalue weighted by Crippen LogP contribution is 2.39. The molecule has 0 amide bonds. The first kappa shape index (κ1) is 15.1. The van der Waals surface area contributed by atoms with E-state index in [0.717, 1.165) is 24.0 Å². The minimum atomic E-state index is -3.46. The predicted octanol–water partition coefficient (Wildman–Crippen LogP) is 3.00. The van der Waals surface area contributed by atoms with E-state index >= 15 is 0 Å². The monoisotopic (exact) mass is 316 g/mol. The highest BCUT2D eigenvalue weighted by Gasteiger charge is 2.20. The van der Waals surface area contributed by atoms with Crippen molar-refractivity contribution in [2.75, 3.05) is 11.0 Å². The number of sulfonamides is 1. The zero-order valence-electron chi connectivity index (χ0n) is 11.0. The fourth-order valence-electron chi connectivity index (χ4n) is 2.20. The van der Waals surface area contributed by atoms with Gasteiger partial charge in [-0.1, -0.05) is 12.8 Å². The molecule has 1 aromatic carbocycles. The quantitative estimate of drug-likeness (QED) is 0.666. The van der Waals surface area contributed by atoms with E-state index < -0.39 is 14.9 Å². The summed E-state index contributed by atoms with van der Waals surface area (Å²) >= 11 is 1.59. The van der Waals surface area contributed by atoms with Crippen molar-refractivity contribution in [3.63, 3.8) is 0 Å². The average molecular weight is 316 g/mol. The number of anilines is 1. The van der Waals surface area contributed by atoms with Crippen LogP contribution in [-0.4, -0.2) is 24.8 Å². The van der Waals surface area contributed by atoms with Crippen LogP contribution in [0.25, 0.3) is 0 Å². The van der Waals surface area contributed by atoms with Gasteiger partial charge < -0.3 is 0 Å². The number of nitro benzene ring substituents is 1. The van der Waals surface area contributed by atoms with Crippen LogP contribution in [0.3, 0.4) is 0 Å². The summed E-state index contributed by atoms with van der Waals surface area (Å²) < 4.78 is 25.1. The number of benzene rings is 1. The molecule has 0 aromatic heterocycles. The van der Waals surface area contributed by atoms with Crippen molar-refractivity contribution < 1.29 is 13.3 Å². The highest BCUT2D eigenvalue weighted by molar-refractivity contribution is 8.00. The molecule has 1 aliphatic carbocycles. The molecular formula is C12H16N2O4S2. The van der Waals surface area contributed by atoms with Crippen molar-refractivity contribution >= 4 is 33.2 Å². The van der Waals surface area contributed by atoms with E-state index in [1.54, 1.807) is 17.8 Å². The second kappa shape index (κ2) is 6.01. The Kier molecular flexibility index (Phi) is 4.54. The van der Waals surface area contributed by atoms with Gasteiger partial charge in [0.05, 0.1) is 16.9 Å². The third-order valence-electron chi connectivity index (χ3n) is 3.07. The predicted molar refractivity (Wildman–Crippen MR) is 79.7 cm³/mol. The van der Waals surface area contributed by atoms with Crippen molar-refractivity contribution in [1.29, 1.82) is 0 Å². The van der Waals surface area contributed by atoms with Gasteiger partial charge in [0.1, 0.15) is 0 Å². The molecule has 1 saturated carbocycles. The van der Waals surface area contributed by atoms with Crippen LogP contribution in [0.15, 0.2) is 23.1 Å². The van der Waals surface area contributed by atoms with E-state index in [1.165, 1.54) is 25.0 Å². The molecule has 1 fully saturated rings. The van der Waals surface area contributed by atoms with Crippen LogP contribution in [0.2, 0.25) is 0 Å². The van der Waals surface area contributed by atoms with Crippen molar-refractivity contribution in [1.82, 2.24) is 0 Å². The Labute approximate surface area is 122 Å². The first-order chi connectivity index (χ1) is 9.35. The molecule has 1 aliphatic rings. The lowest BCUT2D eigenvalue weighted by Gasteiger charge is -2.13. The Morgan fingerprint density at radius 3 is 2.55 bits per heavy atom. The SMILES string of the molecule is CS(=O)(=O)Nc1cc([N+](=O)[O-])ccc1SC1CCCC1. The summed E-state index contributed by atoms with van der Waals surface area (Å²) in [5.41, 5.74) is 0.172. The van der Waals surface area contributed by atoms with E-state index in [0.29, 0.717) is 10.9 Å². The summed E-state index contributed by atoms with van der Waals surface area (Å²) in [4.78, 5) is 11.0. The molecule has 0 spiro atoms. The lowest BCUT2D eigenvalue weighted by molar-refractivity contribution is -0.384. The number of hydrogen-bond donors (Lipinski definition) is 1. The number of hydrogen-bond acceptors (Lipinski definition) is 5. The van der Waals surface area contributed by atoms with Crippen molar-refractivity contribution in [2.24, 2.45) is 0 Å². The third-order valence-corrected chi connectivity index (χ3v) is 5.07. The van der Waals surface area contributed by atoms with Gasteiger partial charge in [-0.3, -0.25) is 14.8 Å². The molecule has 0 heterocycles. The Morgan fingerprint density at radius 1 is 1.35 bits per heavy atom. The number of nitro groups is 1. The lowest BCUT2D eigenvalue weighted by atomic mass is 10.3. The smallest absolute Gasteiger partial charge is 0.271 e. The number of thioether (sulfide) groups is 1. The molecule has 6 nitrogen and oxygen atoms in total. The maximum Gasteiger partial charge on any atom is 0.271 e. The fraction of sp³-hybridized carbons (Fsp3) is 0.500. The molecule has 8 heteroatoms. The van der Waals surface area contributed by atoms with Gasteiger partial charge in [-0.15, -0.1) is 11.8 Å². The molecule has 0 radical (unpaired) electrons. The van der Waals surface area contributed by atoms with Gasteiger partial charge in [-0.05, 0) is 18.9 Å². The van der Waals surface area contributed by atoms with E-state index in [1.807, 2.05) is 0 Å². The zero-order valence-corrected chi connectivity index (χ0v) is 12.7. The van der Waals surface area contributed by atoms with Crippen LogP contribution in [-0.2, 0) is 10.0 Å². The van der Waals surface area contributed by atoms with Crippen molar-refractivity contribution in [3.8, 4) is 0 Å². The summed E-state index contributed by atoms with van der Waals surface area (Å²) in [5.74, 6) is 0. The van der Waals surface area contributed by atoms with Gasteiger partial charge in [-0.25, -0.2) is 8.42 Å². The second-order valence-electron chi connectivity index (χ2n) is 4.84. The van der Waals surface area contributed by atoms with Gasteiger partial charge in [0.15, 0.2) is 0 Å². The van der Waals surface area contributed by atoms with Gasteiger partial charge in [-0.2, -0.15) is 0 Å². The summed E-state index contributed by atoms with van der Waals surface area (Å²) in [6.07, 6.45) is 5.59. The summed E-state index contributed by atoms with van der Waals surface area (Å²) in [6.45, 7) is 0. The van der Waals surface area contributed by atoms with Crippen molar-refractivity contribution in [3.05, 3.63) is 28.3 Å². The van der Waals surface area contributed by atoms with Gasteiger partial charge in [0, 0.05) is 22.3 Å². The van der Waals surface area contributed by atoms with E-state index in [4.69, 9.17) is 0 Å². The van der Waals surface area contributed by atoms with Crippen LogP contribution in [0.5, 0.6) is 0 Å². The molecule has 0 atom stereocenters. The molecule has 1 aromatic rings. The first-order valence-corrected chi connectivity index (χ1v) is 9.05. The van der Waals surface area contributed by atoms with Crippen LogP contribution in [0.1, 0.15) is 25.7 Å². The Hall–Kier alpha value is -1.28. The fourth-order valence-corrected chi connectivity index (χ4v) is 4.14. The third kappa shape index (κ3) is 4.11. The summed E-state index contributed by atoms with van der Waals surface area (Å²) in [7, 11) is -3.46. The van der Waals surface area contributed by atoms with Crippen LogP contribution >= 0.6 is 11.8 Å². The molecular weight excluding hydrogens is 300 g/mol. The molecule has 0 unspecified atom stereocenters. The normalized spacial score (nSPS) is 16.2. The van der Waals surface area contributed by atoms with Crippen LogP contribution in [0.4, 0.5) is 11.4 Å². The summed E-state index contributed by atoms with van der Waals surface area (Å²) in [5, 5.41) is 11.3. The van der Waals surface area contributed by atoms with Gasteiger partial charge in [0.2, 0.25) is 10.0 Å². The molecule has 0 bridgehead atoms. The lowest BCUT2D eigenvalue weighted by Crippen LogP contribution is -2.11. The van der Waals surface area contributed by atoms with Crippen LogP contribution in [0, 0.1) is 10.1 Å². The van der Waals surface area contributed by atoms with Gasteiger partial charge >= 0.3 is 0 Å². The number of non-ortho nitro benzene ring substituents is 1. The maximum absolute atomic E-state index is 11.4. The van der Waals surface area contributed by atoms with Crippen LogP contribution < -0.4 is 4.72 Å². The van der Waals surface area contributed by atoms with E-state index in [9.17, 15) is 18.5 Å². The molecule has 20 heavy (non-hydrogen) atoms. The molecule has 0 aliphatic heterocycles. The zero-order chi connectivity index (χ0) is 14.8. The molecule has 110 valence electrons. The standard InChI is InChI=1S/C12H16N2O4S2/c1-20(17,18)13-11-8-9(14(15)16)6-7-12(11)19-10-4-2-3-5-10/h6-8,10,13H,2-5H2,1H3. The number of nitrogens with zero attached hydrogens (tertiary/aromatic N) is 1. The van der Waals surface area contributed by atoms with Crippen molar-refractivity contribution in [2.45, 2.75) is 35.8 Å². The van der Waals surface area contributed by atoms with E-state index in [2.05, 4.69) is 4.72 Å². The largest absolute Gasteiger partial charge is 0.282 e. The Bertz CT molecular complexity index is 610. The number of rotatable bonds is 5. The minimum Gasteiger partial charge on any atom is -0.282 e. The maximum atomic E-state index is 11.4. The number of nitrogens with one attached hydrogen (secondary N) is 1. The first-order valence-electron chi connectivity index (χ1n) is 6.28. The topological polar surface area (TPSA) is 89.3 Å². The highest BCUT2D eigenvalue weighted by atomic mass is 32.2. The minimum absolute atomic E-state index is 0.119. The molecule has 2 rings (SSSR count). The second-order valence-corrected chi connectivity index (χ2v) is 7.93. The van der Waals surface area contributed by atoms with E-state index in [-0.39, 0.29) is 5.69 Å². The Morgan fingerprint density at radius 2 is 2.00 bits per heavy atom.